The molecule has 2 aromatic rings. The fraction of sp³-hybridized carbons (Fsp3) is 0.125. The SMILES string of the molecule is Cl.N=C(N)NC(=Nc1ccc(Cl)cc1)NCCc1ccccc1. The molecule has 2 rings (SSSR count). The van der Waals surface area contributed by atoms with Crippen LogP contribution >= 0.6 is 24.0 Å². The molecule has 0 heterocycles. The maximum Gasteiger partial charge on any atom is 0.203 e. The van der Waals surface area contributed by atoms with Gasteiger partial charge in [0.05, 0.1) is 5.69 Å². The van der Waals surface area contributed by atoms with Gasteiger partial charge in [-0.2, -0.15) is 0 Å². The van der Waals surface area contributed by atoms with Crippen LogP contribution in [-0.2, 0) is 6.42 Å². The molecular weight excluding hydrogens is 333 g/mol. The molecule has 23 heavy (non-hydrogen) atoms. The van der Waals surface area contributed by atoms with Crippen molar-refractivity contribution in [3.05, 3.63) is 65.2 Å². The number of hydrogen-bond donors (Lipinski definition) is 4. The zero-order chi connectivity index (χ0) is 15.8. The summed E-state index contributed by atoms with van der Waals surface area (Å²) in [6.45, 7) is 0.677. The normalized spacial score (nSPS) is 10.6. The molecule has 0 bridgehead atoms. The van der Waals surface area contributed by atoms with Gasteiger partial charge in [0.1, 0.15) is 0 Å². The van der Waals surface area contributed by atoms with Crippen LogP contribution in [0.15, 0.2) is 59.6 Å². The number of nitrogens with one attached hydrogen (secondary N) is 3. The van der Waals surface area contributed by atoms with E-state index >= 15 is 0 Å². The lowest BCUT2D eigenvalue weighted by atomic mass is 10.1. The van der Waals surface area contributed by atoms with Gasteiger partial charge >= 0.3 is 0 Å². The number of benzene rings is 2. The minimum Gasteiger partial charge on any atom is -0.370 e. The molecule has 0 amide bonds. The highest BCUT2D eigenvalue weighted by Gasteiger charge is 2.01. The van der Waals surface area contributed by atoms with Crippen LogP contribution < -0.4 is 16.4 Å². The molecule has 0 saturated heterocycles. The third-order valence-electron chi connectivity index (χ3n) is 2.87. The van der Waals surface area contributed by atoms with Crippen LogP contribution in [0.25, 0.3) is 0 Å². The first-order valence-corrected chi connectivity index (χ1v) is 7.24. The Morgan fingerprint density at radius 3 is 2.35 bits per heavy atom. The predicted molar refractivity (Wildman–Crippen MR) is 99.0 cm³/mol. The average Bonchev–Trinajstić information content (AvgIpc) is 2.50. The van der Waals surface area contributed by atoms with E-state index in [1.54, 1.807) is 24.3 Å². The highest BCUT2D eigenvalue weighted by Crippen LogP contribution is 2.15. The summed E-state index contributed by atoms with van der Waals surface area (Å²) in [6.07, 6.45) is 0.847. The zero-order valence-corrected chi connectivity index (χ0v) is 14.0. The molecular formula is C16H19Cl2N5. The third kappa shape index (κ3) is 7.04. The monoisotopic (exact) mass is 351 g/mol. The maximum absolute atomic E-state index is 7.35. The van der Waals surface area contributed by atoms with Gasteiger partial charge < -0.3 is 11.1 Å². The maximum atomic E-state index is 7.35. The Balaban J connectivity index is 0.00000264. The molecule has 0 atom stereocenters. The minimum absolute atomic E-state index is 0. The van der Waals surface area contributed by atoms with Gasteiger partial charge in [-0.3, -0.25) is 10.7 Å². The van der Waals surface area contributed by atoms with Crippen molar-refractivity contribution in [2.75, 3.05) is 6.54 Å². The second kappa shape index (κ2) is 9.71. The van der Waals surface area contributed by atoms with Crippen molar-refractivity contribution in [2.24, 2.45) is 10.7 Å². The molecule has 0 saturated carbocycles. The van der Waals surface area contributed by atoms with Gasteiger partial charge in [-0.15, -0.1) is 12.4 Å². The largest absolute Gasteiger partial charge is 0.370 e. The van der Waals surface area contributed by atoms with Crippen molar-refractivity contribution >= 4 is 41.6 Å². The number of halogens is 2. The van der Waals surface area contributed by atoms with Crippen LogP contribution in [0.4, 0.5) is 5.69 Å². The van der Waals surface area contributed by atoms with E-state index in [4.69, 9.17) is 22.7 Å². The summed E-state index contributed by atoms with van der Waals surface area (Å²) in [7, 11) is 0. The van der Waals surface area contributed by atoms with Gasteiger partial charge in [0.25, 0.3) is 0 Å². The van der Waals surface area contributed by atoms with Crippen LogP contribution in [-0.4, -0.2) is 18.5 Å². The van der Waals surface area contributed by atoms with Gasteiger partial charge in [0, 0.05) is 11.6 Å². The third-order valence-corrected chi connectivity index (χ3v) is 3.12. The molecule has 0 fully saturated rings. The van der Waals surface area contributed by atoms with Crippen LogP contribution in [0.1, 0.15) is 5.56 Å². The van der Waals surface area contributed by atoms with Crippen LogP contribution in [0.5, 0.6) is 0 Å². The van der Waals surface area contributed by atoms with Crippen molar-refractivity contribution < 1.29 is 0 Å². The average molecular weight is 352 g/mol. The molecule has 2 aromatic carbocycles. The number of aliphatic imine (C=N–C) groups is 1. The summed E-state index contributed by atoms with van der Waals surface area (Å²) in [5.41, 5.74) is 7.33. The summed E-state index contributed by atoms with van der Waals surface area (Å²) in [6, 6.07) is 17.2. The lowest BCUT2D eigenvalue weighted by Gasteiger charge is -2.11. The first-order valence-electron chi connectivity index (χ1n) is 6.86. The van der Waals surface area contributed by atoms with Crippen molar-refractivity contribution in [3.8, 4) is 0 Å². The smallest absolute Gasteiger partial charge is 0.203 e. The fourth-order valence-electron chi connectivity index (χ4n) is 1.85. The molecule has 0 aliphatic carbocycles. The van der Waals surface area contributed by atoms with E-state index in [2.05, 4.69) is 27.8 Å². The standard InChI is InChI=1S/C16H18ClN5.ClH/c17-13-6-8-14(9-7-13)21-16(22-15(18)19)20-11-10-12-4-2-1-3-5-12;/h1-9H,10-11H2,(H5,18,19,20,21,22);1H. The Hall–Kier alpha value is -2.24. The Bertz CT molecular complexity index is 641. The Labute approximate surface area is 146 Å². The van der Waals surface area contributed by atoms with Crippen molar-refractivity contribution in [1.82, 2.24) is 10.6 Å². The van der Waals surface area contributed by atoms with E-state index in [1.807, 2.05) is 18.2 Å². The molecule has 0 radical (unpaired) electrons. The van der Waals surface area contributed by atoms with Crippen LogP contribution in [0, 0.1) is 5.41 Å². The molecule has 0 aliphatic rings. The first-order chi connectivity index (χ1) is 10.6. The van der Waals surface area contributed by atoms with Gasteiger partial charge in [0.2, 0.25) is 5.96 Å². The van der Waals surface area contributed by atoms with E-state index in [1.165, 1.54) is 5.56 Å². The van der Waals surface area contributed by atoms with Crippen LogP contribution in [0.2, 0.25) is 5.02 Å². The van der Waals surface area contributed by atoms with Crippen LogP contribution in [0.3, 0.4) is 0 Å². The van der Waals surface area contributed by atoms with E-state index in [0.29, 0.717) is 17.5 Å². The van der Waals surface area contributed by atoms with E-state index in [-0.39, 0.29) is 18.4 Å². The lowest BCUT2D eigenvalue weighted by molar-refractivity contribution is 0.847. The van der Waals surface area contributed by atoms with Crippen molar-refractivity contribution in [3.63, 3.8) is 0 Å². The molecule has 7 heteroatoms. The Morgan fingerprint density at radius 2 is 1.74 bits per heavy atom. The first kappa shape index (κ1) is 18.8. The second-order valence-corrected chi connectivity index (χ2v) is 5.07. The molecule has 0 unspecified atom stereocenters. The highest BCUT2D eigenvalue weighted by atomic mass is 35.5. The summed E-state index contributed by atoms with van der Waals surface area (Å²) in [5, 5.41) is 13.8. The summed E-state index contributed by atoms with van der Waals surface area (Å²) < 4.78 is 0. The van der Waals surface area contributed by atoms with E-state index in [9.17, 15) is 0 Å². The predicted octanol–water partition coefficient (Wildman–Crippen LogP) is 3.06. The van der Waals surface area contributed by atoms with Gasteiger partial charge in [-0.1, -0.05) is 41.9 Å². The number of nitrogens with two attached hydrogens (primary N) is 1. The van der Waals surface area contributed by atoms with Gasteiger partial charge in [-0.05, 0) is 36.2 Å². The fourth-order valence-corrected chi connectivity index (χ4v) is 1.98. The zero-order valence-electron chi connectivity index (χ0n) is 12.4. The van der Waals surface area contributed by atoms with Crippen molar-refractivity contribution in [1.29, 1.82) is 5.41 Å². The molecule has 122 valence electrons. The second-order valence-electron chi connectivity index (χ2n) is 4.64. The van der Waals surface area contributed by atoms with Gasteiger partial charge in [-0.25, -0.2) is 4.99 Å². The molecule has 5 nitrogen and oxygen atoms in total. The summed E-state index contributed by atoms with van der Waals surface area (Å²) in [5.74, 6) is 0.269. The molecule has 0 aromatic heterocycles. The number of hydrogen-bond acceptors (Lipinski definition) is 2. The lowest BCUT2D eigenvalue weighted by Crippen LogP contribution is -2.44. The molecule has 5 N–H and O–H groups in total. The number of rotatable bonds is 4. The van der Waals surface area contributed by atoms with E-state index in [0.717, 1.165) is 12.1 Å². The Kier molecular flexibility index (Phi) is 7.94. The topological polar surface area (TPSA) is 86.3 Å². The highest BCUT2D eigenvalue weighted by molar-refractivity contribution is 6.30. The summed E-state index contributed by atoms with van der Waals surface area (Å²) >= 11 is 5.85. The number of nitrogens with zero attached hydrogens (tertiary/aromatic N) is 1. The number of guanidine groups is 2. The molecule has 0 spiro atoms. The van der Waals surface area contributed by atoms with E-state index < -0.39 is 0 Å². The quantitative estimate of drug-likeness (QED) is 0.504. The van der Waals surface area contributed by atoms with Crippen molar-refractivity contribution in [2.45, 2.75) is 6.42 Å². The Morgan fingerprint density at radius 1 is 1.09 bits per heavy atom. The summed E-state index contributed by atoms with van der Waals surface area (Å²) in [4.78, 5) is 4.39. The minimum atomic E-state index is -0.167. The van der Waals surface area contributed by atoms with Gasteiger partial charge in [0.15, 0.2) is 5.96 Å². The molecule has 0 aliphatic heterocycles.